The molecule has 3 rings (SSSR count). The number of nitrogens with one attached hydrogen (secondary N) is 1. The van der Waals surface area contributed by atoms with Crippen molar-refractivity contribution in [1.29, 1.82) is 0 Å². The molecule has 1 N–H and O–H groups in total. The Hall–Kier alpha value is -2.69. The van der Waals surface area contributed by atoms with Crippen molar-refractivity contribution in [3.05, 3.63) is 53.6 Å². The standard InChI is InChI=1S/C20H23NO4/c1-3-24-18-7-5-4-6-14(18)12-21-20(22)16-10-15-11-17(23-2)8-9-19(15)25-13-16/h4-9,11,16H,3,10,12-13H2,1-2H3,(H,21,22). The zero-order chi connectivity index (χ0) is 17.6. The summed E-state index contributed by atoms with van der Waals surface area (Å²) in [6.45, 7) is 3.37. The minimum absolute atomic E-state index is 0.0141. The van der Waals surface area contributed by atoms with Crippen LogP contribution >= 0.6 is 0 Å². The van der Waals surface area contributed by atoms with Crippen LogP contribution in [0.2, 0.25) is 0 Å². The number of carbonyl (C=O) groups excluding carboxylic acids is 1. The van der Waals surface area contributed by atoms with Crippen molar-refractivity contribution in [2.75, 3.05) is 20.3 Å². The number of carbonyl (C=O) groups is 1. The summed E-state index contributed by atoms with van der Waals surface area (Å²) in [5.74, 6) is 2.18. The summed E-state index contributed by atoms with van der Waals surface area (Å²) in [6, 6.07) is 13.4. The smallest absolute Gasteiger partial charge is 0.227 e. The molecule has 25 heavy (non-hydrogen) atoms. The molecule has 0 radical (unpaired) electrons. The molecule has 5 nitrogen and oxygen atoms in total. The number of rotatable bonds is 6. The Bertz CT molecular complexity index is 744. The van der Waals surface area contributed by atoms with E-state index in [0.29, 0.717) is 26.2 Å². The molecule has 1 unspecified atom stereocenters. The average molecular weight is 341 g/mol. The van der Waals surface area contributed by atoms with E-state index in [4.69, 9.17) is 14.2 Å². The van der Waals surface area contributed by atoms with Crippen LogP contribution in [-0.2, 0) is 17.8 Å². The third-order valence-corrected chi connectivity index (χ3v) is 4.27. The molecule has 0 bridgehead atoms. The van der Waals surface area contributed by atoms with Gasteiger partial charge in [-0.15, -0.1) is 0 Å². The highest BCUT2D eigenvalue weighted by Crippen LogP contribution is 2.30. The van der Waals surface area contributed by atoms with Gasteiger partial charge in [-0.2, -0.15) is 0 Å². The molecule has 1 aliphatic heterocycles. The maximum atomic E-state index is 12.5. The van der Waals surface area contributed by atoms with Crippen LogP contribution in [0.25, 0.3) is 0 Å². The summed E-state index contributed by atoms with van der Waals surface area (Å²) in [5, 5.41) is 3.00. The average Bonchev–Trinajstić information content (AvgIpc) is 2.66. The number of methoxy groups -OCH3 is 1. The van der Waals surface area contributed by atoms with Gasteiger partial charge in [0.25, 0.3) is 0 Å². The number of benzene rings is 2. The van der Waals surface area contributed by atoms with Gasteiger partial charge in [0.1, 0.15) is 23.9 Å². The van der Waals surface area contributed by atoms with Gasteiger partial charge in [-0.05, 0) is 43.2 Å². The van der Waals surface area contributed by atoms with Crippen LogP contribution in [0.5, 0.6) is 17.2 Å². The van der Waals surface area contributed by atoms with Crippen LogP contribution < -0.4 is 19.5 Å². The summed E-state index contributed by atoms with van der Waals surface area (Å²) >= 11 is 0. The van der Waals surface area contributed by atoms with Crippen molar-refractivity contribution in [1.82, 2.24) is 5.32 Å². The second kappa shape index (κ2) is 7.92. The second-order valence-corrected chi connectivity index (χ2v) is 5.94. The molecule has 0 fully saturated rings. The first-order chi connectivity index (χ1) is 12.2. The van der Waals surface area contributed by atoms with Crippen molar-refractivity contribution in [2.45, 2.75) is 19.9 Å². The SMILES string of the molecule is CCOc1ccccc1CNC(=O)C1COc2ccc(OC)cc2C1. The van der Waals surface area contributed by atoms with Crippen LogP contribution in [0.15, 0.2) is 42.5 Å². The number of para-hydroxylation sites is 1. The van der Waals surface area contributed by atoms with Gasteiger partial charge in [0.15, 0.2) is 0 Å². The lowest BCUT2D eigenvalue weighted by molar-refractivity contribution is -0.126. The molecular formula is C20H23NO4. The molecule has 5 heteroatoms. The van der Waals surface area contributed by atoms with Gasteiger partial charge < -0.3 is 19.5 Å². The molecule has 1 amide bonds. The fourth-order valence-corrected chi connectivity index (χ4v) is 2.94. The zero-order valence-electron chi connectivity index (χ0n) is 14.6. The number of hydrogen-bond donors (Lipinski definition) is 1. The summed E-state index contributed by atoms with van der Waals surface area (Å²) in [7, 11) is 1.63. The molecule has 1 aliphatic rings. The summed E-state index contributed by atoms with van der Waals surface area (Å²) in [4.78, 5) is 12.5. The maximum absolute atomic E-state index is 12.5. The molecule has 2 aromatic carbocycles. The van der Waals surface area contributed by atoms with Gasteiger partial charge in [0.2, 0.25) is 5.91 Å². The summed E-state index contributed by atoms with van der Waals surface area (Å²) in [5.41, 5.74) is 1.97. The normalized spacial score (nSPS) is 15.7. The highest BCUT2D eigenvalue weighted by Gasteiger charge is 2.26. The monoisotopic (exact) mass is 341 g/mol. The first-order valence-corrected chi connectivity index (χ1v) is 8.49. The van der Waals surface area contributed by atoms with Crippen molar-refractivity contribution in [3.63, 3.8) is 0 Å². The molecule has 1 atom stereocenters. The molecule has 0 spiro atoms. The van der Waals surface area contributed by atoms with Crippen molar-refractivity contribution in [2.24, 2.45) is 5.92 Å². The number of ether oxygens (including phenoxy) is 3. The van der Waals surface area contributed by atoms with E-state index < -0.39 is 0 Å². The van der Waals surface area contributed by atoms with Crippen molar-refractivity contribution >= 4 is 5.91 Å². The molecule has 132 valence electrons. The molecule has 0 saturated carbocycles. The molecule has 1 heterocycles. The predicted octanol–water partition coefficient (Wildman–Crippen LogP) is 2.96. The van der Waals surface area contributed by atoms with Gasteiger partial charge in [-0.3, -0.25) is 4.79 Å². The highest BCUT2D eigenvalue weighted by atomic mass is 16.5. The molecular weight excluding hydrogens is 318 g/mol. The van der Waals surface area contributed by atoms with E-state index in [9.17, 15) is 4.79 Å². The lowest BCUT2D eigenvalue weighted by atomic mass is 9.95. The van der Waals surface area contributed by atoms with E-state index in [0.717, 1.165) is 28.4 Å². The summed E-state index contributed by atoms with van der Waals surface area (Å²) < 4.78 is 16.6. The number of fused-ring (bicyclic) bond motifs is 1. The lowest BCUT2D eigenvalue weighted by Gasteiger charge is -2.25. The molecule has 0 aliphatic carbocycles. The van der Waals surface area contributed by atoms with Crippen LogP contribution in [0, 0.1) is 5.92 Å². The van der Waals surface area contributed by atoms with Gasteiger partial charge in [-0.1, -0.05) is 18.2 Å². The van der Waals surface area contributed by atoms with Crippen LogP contribution in [0.1, 0.15) is 18.1 Å². The molecule has 0 aromatic heterocycles. The van der Waals surface area contributed by atoms with Crippen LogP contribution in [0.4, 0.5) is 0 Å². The van der Waals surface area contributed by atoms with E-state index in [1.165, 1.54) is 0 Å². The Morgan fingerprint density at radius 3 is 2.92 bits per heavy atom. The maximum Gasteiger partial charge on any atom is 0.227 e. The predicted molar refractivity (Wildman–Crippen MR) is 95.1 cm³/mol. The van der Waals surface area contributed by atoms with Crippen LogP contribution in [-0.4, -0.2) is 26.2 Å². The fourth-order valence-electron chi connectivity index (χ4n) is 2.94. The zero-order valence-corrected chi connectivity index (χ0v) is 14.6. The van der Waals surface area contributed by atoms with E-state index in [2.05, 4.69) is 5.32 Å². The third-order valence-electron chi connectivity index (χ3n) is 4.27. The highest BCUT2D eigenvalue weighted by molar-refractivity contribution is 5.79. The summed E-state index contributed by atoms with van der Waals surface area (Å²) in [6.07, 6.45) is 0.644. The Balaban J connectivity index is 1.62. The van der Waals surface area contributed by atoms with Crippen LogP contribution in [0.3, 0.4) is 0 Å². The topological polar surface area (TPSA) is 56.8 Å². The minimum Gasteiger partial charge on any atom is -0.497 e. The van der Waals surface area contributed by atoms with Gasteiger partial charge in [-0.25, -0.2) is 0 Å². The van der Waals surface area contributed by atoms with Gasteiger partial charge in [0.05, 0.1) is 19.6 Å². The first-order valence-electron chi connectivity index (χ1n) is 8.49. The fraction of sp³-hybridized carbons (Fsp3) is 0.350. The lowest BCUT2D eigenvalue weighted by Crippen LogP contribution is -2.37. The number of amides is 1. The van der Waals surface area contributed by atoms with Crippen molar-refractivity contribution < 1.29 is 19.0 Å². The quantitative estimate of drug-likeness (QED) is 0.878. The molecule has 0 saturated heterocycles. The Labute approximate surface area is 147 Å². The number of hydrogen-bond acceptors (Lipinski definition) is 4. The Morgan fingerprint density at radius 2 is 2.12 bits per heavy atom. The Kier molecular flexibility index (Phi) is 5.43. The van der Waals surface area contributed by atoms with E-state index in [1.54, 1.807) is 7.11 Å². The second-order valence-electron chi connectivity index (χ2n) is 5.94. The van der Waals surface area contributed by atoms with E-state index in [-0.39, 0.29) is 11.8 Å². The van der Waals surface area contributed by atoms with Crippen molar-refractivity contribution in [3.8, 4) is 17.2 Å². The van der Waals surface area contributed by atoms with E-state index >= 15 is 0 Å². The Morgan fingerprint density at radius 1 is 1.28 bits per heavy atom. The van der Waals surface area contributed by atoms with Gasteiger partial charge in [0, 0.05) is 12.1 Å². The van der Waals surface area contributed by atoms with E-state index in [1.807, 2.05) is 49.4 Å². The third kappa shape index (κ3) is 4.05. The largest absolute Gasteiger partial charge is 0.497 e. The van der Waals surface area contributed by atoms with Gasteiger partial charge >= 0.3 is 0 Å². The molecule has 2 aromatic rings. The minimum atomic E-state index is -0.209. The first kappa shape index (κ1) is 17.1.